The van der Waals surface area contributed by atoms with Gasteiger partial charge in [0.2, 0.25) is 5.69 Å². The van der Waals surface area contributed by atoms with Crippen LogP contribution in [-0.2, 0) is 11.3 Å². The number of rotatable bonds is 5. The molecule has 2 rings (SSSR count). The van der Waals surface area contributed by atoms with Gasteiger partial charge in [0.1, 0.15) is 6.20 Å². The van der Waals surface area contributed by atoms with Crippen molar-refractivity contribution in [1.82, 2.24) is 15.1 Å². The number of carbonyl (C=O) groups is 1. The second-order valence-corrected chi connectivity index (χ2v) is 4.15. The largest absolute Gasteiger partial charge is 0.476 e. The lowest BCUT2D eigenvalue weighted by atomic mass is 10.2. The highest BCUT2D eigenvalue weighted by Gasteiger charge is 2.27. The summed E-state index contributed by atoms with van der Waals surface area (Å²) in [4.78, 5) is 21.0. The van der Waals surface area contributed by atoms with Crippen LogP contribution in [-0.4, -0.2) is 51.6 Å². The van der Waals surface area contributed by atoms with E-state index >= 15 is 0 Å². The lowest BCUT2D eigenvalue weighted by molar-refractivity contribution is -0.385. The van der Waals surface area contributed by atoms with E-state index in [9.17, 15) is 14.9 Å². The van der Waals surface area contributed by atoms with Crippen LogP contribution >= 0.6 is 0 Å². The maximum absolute atomic E-state index is 11.1. The number of nitrogens with zero attached hydrogens (tertiary/aromatic N) is 3. The number of aromatic carboxylic acids is 1. The Kier molecular flexibility index (Phi) is 4.07. The second-order valence-electron chi connectivity index (χ2n) is 4.15. The molecule has 1 aromatic rings. The maximum Gasteiger partial charge on any atom is 0.361 e. The summed E-state index contributed by atoms with van der Waals surface area (Å²) >= 11 is 0. The van der Waals surface area contributed by atoms with Crippen molar-refractivity contribution in [3.63, 3.8) is 0 Å². The van der Waals surface area contributed by atoms with E-state index in [-0.39, 0.29) is 12.6 Å². The number of nitrogens with one attached hydrogen (secondary N) is 1. The van der Waals surface area contributed by atoms with Crippen molar-refractivity contribution < 1.29 is 19.6 Å². The molecule has 0 radical (unpaired) electrons. The molecule has 0 aromatic carbocycles. The molecule has 1 aromatic heterocycles. The first-order chi connectivity index (χ1) is 9.09. The Morgan fingerprint density at radius 1 is 1.74 bits per heavy atom. The molecule has 1 aliphatic rings. The first-order valence-corrected chi connectivity index (χ1v) is 5.85. The molecule has 0 aliphatic carbocycles. The molecule has 1 fully saturated rings. The average Bonchev–Trinajstić information content (AvgIpc) is 2.81. The van der Waals surface area contributed by atoms with Crippen molar-refractivity contribution in [2.24, 2.45) is 0 Å². The number of aromatic nitrogens is 2. The predicted molar refractivity (Wildman–Crippen MR) is 63.1 cm³/mol. The van der Waals surface area contributed by atoms with E-state index in [0.717, 1.165) is 17.4 Å². The molecule has 1 saturated heterocycles. The fraction of sp³-hybridized carbons (Fsp3) is 0.600. The van der Waals surface area contributed by atoms with Crippen LogP contribution in [0, 0.1) is 10.1 Å². The lowest BCUT2D eigenvalue weighted by Gasteiger charge is -2.23. The lowest BCUT2D eigenvalue weighted by Crippen LogP contribution is -2.39. The Bertz CT molecular complexity index is 480. The predicted octanol–water partition coefficient (Wildman–Crippen LogP) is -0.132. The fourth-order valence-corrected chi connectivity index (χ4v) is 1.97. The van der Waals surface area contributed by atoms with Gasteiger partial charge in [0, 0.05) is 19.6 Å². The third kappa shape index (κ3) is 3.06. The molecule has 0 amide bonds. The zero-order chi connectivity index (χ0) is 13.8. The molecule has 2 N–H and O–H groups in total. The van der Waals surface area contributed by atoms with Gasteiger partial charge in [-0.15, -0.1) is 0 Å². The van der Waals surface area contributed by atoms with Crippen molar-refractivity contribution in [1.29, 1.82) is 0 Å². The summed E-state index contributed by atoms with van der Waals surface area (Å²) in [5.41, 5.74) is -0.885. The number of carboxylic acids is 1. The van der Waals surface area contributed by atoms with Crippen molar-refractivity contribution in [2.45, 2.75) is 19.1 Å². The smallest absolute Gasteiger partial charge is 0.361 e. The van der Waals surface area contributed by atoms with Crippen LogP contribution in [0.5, 0.6) is 0 Å². The van der Waals surface area contributed by atoms with Gasteiger partial charge >= 0.3 is 11.7 Å². The molecule has 2 heterocycles. The van der Waals surface area contributed by atoms with E-state index < -0.39 is 22.3 Å². The summed E-state index contributed by atoms with van der Waals surface area (Å²) in [5.74, 6) is -1.35. The minimum absolute atomic E-state index is 0.0290. The van der Waals surface area contributed by atoms with Crippen LogP contribution in [0.3, 0.4) is 0 Å². The Morgan fingerprint density at radius 2 is 2.53 bits per heavy atom. The van der Waals surface area contributed by atoms with Gasteiger partial charge in [-0.3, -0.25) is 14.8 Å². The number of aryl methyl sites for hydroxylation is 1. The minimum Gasteiger partial charge on any atom is -0.476 e. The van der Waals surface area contributed by atoms with Crippen LogP contribution in [0.2, 0.25) is 0 Å². The van der Waals surface area contributed by atoms with Crippen molar-refractivity contribution in [2.75, 3.05) is 19.7 Å². The van der Waals surface area contributed by atoms with Crippen LogP contribution in [0.15, 0.2) is 6.20 Å². The van der Waals surface area contributed by atoms with Gasteiger partial charge in [0.25, 0.3) is 0 Å². The van der Waals surface area contributed by atoms with E-state index in [2.05, 4.69) is 10.4 Å². The number of nitro groups is 1. The minimum atomic E-state index is -1.35. The van der Waals surface area contributed by atoms with Gasteiger partial charge in [-0.05, 0) is 6.42 Å². The molecule has 1 atom stereocenters. The molecule has 0 spiro atoms. The van der Waals surface area contributed by atoms with Gasteiger partial charge in [-0.2, -0.15) is 5.10 Å². The molecule has 1 aliphatic heterocycles. The van der Waals surface area contributed by atoms with Gasteiger partial charge in [-0.25, -0.2) is 4.79 Å². The van der Waals surface area contributed by atoms with Crippen LogP contribution in [0.4, 0.5) is 5.69 Å². The summed E-state index contributed by atoms with van der Waals surface area (Å²) in [6.45, 7) is 2.35. The van der Waals surface area contributed by atoms with E-state index in [0.29, 0.717) is 19.6 Å². The summed E-state index contributed by atoms with van der Waals surface area (Å²) in [5, 5.41) is 26.6. The molecule has 9 nitrogen and oxygen atoms in total. The average molecular weight is 270 g/mol. The maximum atomic E-state index is 11.1. The Labute approximate surface area is 108 Å². The zero-order valence-electron chi connectivity index (χ0n) is 10.1. The van der Waals surface area contributed by atoms with Gasteiger partial charge in [0.05, 0.1) is 17.6 Å². The fourth-order valence-electron chi connectivity index (χ4n) is 1.97. The summed E-state index contributed by atoms with van der Waals surface area (Å²) in [6.07, 6.45) is 1.48. The number of hydrogen-bond donors (Lipinski definition) is 2. The zero-order valence-corrected chi connectivity index (χ0v) is 10.1. The molecular weight excluding hydrogens is 256 g/mol. The van der Waals surface area contributed by atoms with Crippen molar-refractivity contribution >= 4 is 11.7 Å². The molecule has 0 saturated carbocycles. The van der Waals surface area contributed by atoms with Crippen molar-refractivity contribution in [3.05, 3.63) is 22.0 Å². The first-order valence-electron chi connectivity index (χ1n) is 5.85. The van der Waals surface area contributed by atoms with E-state index in [4.69, 9.17) is 9.84 Å². The summed E-state index contributed by atoms with van der Waals surface area (Å²) in [7, 11) is 0. The number of morpholine rings is 1. The van der Waals surface area contributed by atoms with Crippen LogP contribution in [0.1, 0.15) is 16.9 Å². The molecule has 19 heavy (non-hydrogen) atoms. The summed E-state index contributed by atoms with van der Waals surface area (Å²) in [6, 6.07) is 0. The molecule has 9 heteroatoms. The highest BCUT2D eigenvalue weighted by Crippen LogP contribution is 2.18. The van der Waals surface area contributed by atoms with E-state index in [1.165, 1.54) is 0 Å². The van der Waals surface area contributed by atoms with E-state index in [1.54, 1.807) is 0 Å². The standard InChI is InChI=1S/C10H14N4O5/c15-10(16)9-8(14(17)18)6-12-13(9)3-1-7-5-11-2-4-19-7/h6-7,11H,1-5H2,(H,15,16). The van der Waals surface area contributed by atoms with Gasteiger partial charge < -0.3 is 15.2 Å². The highest BCUT2D eigenvalue weighted by molar-refractivity contribution is 5.90. The van der Waals surface area contributed by atoms with Crippen molar-refractivity contribution in [3.8, 4) is 0 Å². The quantitative estimate of drug-likeness (QED) is 0.564. The van der Waals surface area contributed by atoms with Crippen LogP contribution < -0.4 is 5.32 Å². The molecular formula is C10H14N4O5. The SMILES string of the molecule is O=C(O)c1c([N+](=O)[O-])cnn1CCC1CNCCO1. The molecule has 1 unspecified atom stereocenters. The number of ether oxygens (including phenoxy) is 1. The van der Waals surface area contributed by atoms with E-state index in [1.807, 2.05) is 0 Å². The van der Waals surface area contributed by atoms with Gasteiger partial charge in [0.15, 0.2) is 0 Å². The number of carboxylic acid groups (broad SMARTS) is 1. The third-order valence-corrected chi connectivity index (χ3v) is 2.89. The third-order valence-electron chi connectivity index (χ3n) is 2.89. The Morgan fingerprint density at radius 3 is 3.11 bits per heavy atom. The first kappa shape index (κ1) is 13.4. The number of hydrogen-bond acceptors (Lipinski definition) is 6. The Hall–Kier alpha value is -2.00. The topological polar surface area (TPSA) is 120 Å². The summed E-state index contributed by atoms with van der Waals surface area (Å²) < 4.78 is 6.61. The molecule has 104 valence electrons. The monoisotopic (exact) mass is 270 g/mol. The normalized spacial score (nSPS) is 19.3. The van der Waals surface area contributed by atoms with Gasteiger partial charge in [-0.1, -0.05) is 0 Å². The molecule has 0 bridgehead atoms. The van der Waals surface area contributed by atoms with Crippen LogP contribution in [0.25, 0.3) is 0 Å². The highest BCUT2D eigenvalue weighted by atomic mass is 16.6. The Balaban J connectivity index is 2.07. The second kappa shape index (κ2) is 5.76.